The van der Waals surface area contributed by atoms with Gasteiger partial charge in [-0.3, -0.25) is 23.4 Å². The number of aliphatic hydroxyl groups excluding tert-OH is 1. The summed E-state index contributed by atoms with van der Waals surface area (Å²) < 4.78 is 39.3. The minimum Gasteiger partial charge on any atom is -0.462 e. The molecular weight excluding hydrogens is 928 g/mol. The lowest BCUT2D eigenvalue weighted by Gasteiger charge is -2.21. The molecule has 0 rings (SSSR count). The Balaban J connectivity index is 4.85. The number of unbranched alkanes of at least 4 members (excludes halogenated alkanes) is 15. The molecule has 3 unspecified atom stereocenters. The lowest BCUT2D eigenvalue weighted by atomic mass is 10.1. The zero-order valence-electron chi connectivity index (χ0n) is 45.1. The van der Waals surface area contributed by atoms with Crippen LogP contribution in [0.5, 0.6) is 0 Å². The van der Waals surface area contributed by atoms with E-state index in [0.717, 1.165) is 116 Å². The van der Waals surface area contributed by atoms with Crippen LogP contribution in [0.4, 0.5) is 0 Å². The van der Waals surface area contributed by atoms with E-state index in [1.165, 1.54) is 38.5 Å². The third-order valence-electron chi connectivity index (χ3n) is 11.2. The molecule has 0 aliphatic heterocycles. The molecule has 0 saturated carbocycles. The first kappa shape index (κ1) is 68.1. The van der Waals surface area contributed by atoms with Gasteiger partial charge >= 0.3 is 25.7 Å². The Morgan fingerprint density at radius 2 is 0.750 bits per heavy atom. The molecule has 0 saturated heterocycles. The fraction of sp³-hybridized carbons (Fsp3) is 0.650. The van der Waals surface area contributed by atoms with Crippen LogP contribution in [0.25, 0.3) is 0 Å². The van der Waals surface area contributed by atoms with Gasteiger partial charge in [0, 0.05) is 19.3 Å². The zero-order valence-corrected chi connectivity index (χ0v) is 46.0. The van der Waals surface area contributed by atoms with Crippen molar-refractivity contribution in [3.05, 3.63) is 109 Å². The zero-order chi connectivity index (χ0) is 52.7. The Labute approximate surface area is 437 Å². The van der Waals surface area contributed by atoms with E-state index in [0.29, 0.717) is 19.3 Å². The predicted molar refractivity (Wildman–Crippen MR) is 297 cm³/mol. The summed E-state index contributed by atoms with van der Waals surface area (Å²) in [5.41, 5.74) is 0. The second kappa shape index (κ2) is 53.4. The van der Waals surface area contributed by atoms with Crippen molar-refractivity contribution in [3.63, 3.8) is 0 Å². The molecule has 0 fully saturated rings. The van der Waals surface area contributed by atoms with Crippen LogP contribution in [0.3, 0.4) is 0 Å². The molecule has 3 atom stereocenters. The molecule has 0 aromatic heterocycles. The molecular formula is C60H99O11P. The summed E-state index contributed by atoms with van der Waals surface area (Å²) in [6.07, 6.45) is 63.5. The normalized spacial score (nSPS) is 14.2. The van der Waals surface area contributed by atoms with Crippen molar-refractivity contribution in [2.75, 3.05) is 26.4 Å². The second-order valence-electron chi connectivity index (χ2n) is 18.0. The van der Waals surface area contributed by atoms with E-state index < -0.39 is 57.8 Å². The number of phosphoric ester groups is 1. The van der Waals surface area contributed by atoms with Crippen LogP contribution < -0.4 is 0 Å². The number of hydrogen-bond acceptors (Lipinski definition) is 10. The van der Waals surface area contributed by atoms with Gasteiger partial charge in [0.2, 0.25) is 0 Å². The van der Waals surface area contributed by atoms with Crippen LogP contribution in [0.1, 0.15) is 213 Å². The molecule has 0 heterocycles. The number of esters is 3. The Morgan fingerprint density at radius 3 is 1.18 bits per heavy atom. The maximum absolute atomic E-state index is 12.9. The molecule has 11 nitrogen and oxygen atoms in total. The van der Waals surface area contributed by atoms with Gasteiger partial charge in [0.05, 0.1) is 19.8 Å². The summed E-state index contributed by atoms with van der Waals surface area (Å²) in [5, 5.41) is 9.80. The molecule has 0 aliphatic carbocycles. The molecule has 0 aromatic carbocycles. The molecule has 2 N–H and O–H groups in total. The maximum Gasteiger partial charge on any atom is 0.472 e. The van der Waals surface area contributed by atoms with Gasteiger partial charge in [0.25, 0.3) is 0 Å². The van der Waals surface area contributed by atoms with Gasteiger partial charge in [-0.05, 0) is 109 Å². The van der Waals surface area contributed by atoms with Crippen LogP contribution in [-0.4, -0.2) is 66.5 Å². The van der Waals surface area contributed by atoms with E-state index in [1.54, 1.807) is 0 Å². The molecule has 0 amide bonds. The average Bonchev–Trinajstić information content (AvgIpc) is 3.37. The van der Waals surface area contributed by atoms with Crippen LogP contribution in [0, 0.1) is 0 Å². The molecule has 410 valence electrons. The Morgan fingerprint density at radius 1 is 0.403 bits per heavy atom. The van der Waals surface area contributed by atoms with Crippen molar-refractivity contribution in [2.24, 2.45) is 0 Å². The lowest BCUT2D eigenvalue weighted by Crippen LogP contribution is -2.30. The van der Waals surface area contributed by atoms with Gasteiger partial charge in [-0.1, -0.05) is 194 Å². The lowest BCUT2D eigenvalue weighted by molar-refractivity contribution is -0.161. The van der Waals surface area contributed by atoms with Gasteiger partial charge < -0.3 is 24.2 Å². The van der Waals surface area contributed by atoms with Gasteiger partial charge in [-0.15, -0.1) is 0 Å². The molecule has 0 radical (unpaired) electrons. The molecule has 0 aliphatic rings. The van der Waals surface area contributed by atoms with Crippen LogP contribution in [0.15, 0.2) is 109 Å². The van der Waals surface area contributed by atoms with Crippen LogP contribution in [0.2, 0.25) is 0 Å². The highest BCUT2D eigenvalue weighted by Crippen LogP contribution is 2.43. The van der Waals surface area contributed by atoms with E-state index in [1.807, 2.05) is 12.2 Å². The van der Waals surface area contributed by atoms with Crippen LogP contribution in [-0.2, 0) is 42.2 Å². The Bertz CT molecular complexity index is 1620. The average molecular weight is 1030 g/mol. The number of phosphoric acid groups is 1. The summed E-state index contributed by atoms with van der Waals surface area (Å²) >= 11 is 0. The third kappa shape index (κ3) is 51.1. The number of ether oxygens (including phenoxy) is 3. The number of carbonyl (C=O) groups is 3. The number of aliphatic hydroxyl groups is 1. The first-order valence-corrected chi connectivity index (χ1v) is 29.3. The highest BCUT2D eigenvalue weighted by atomic mass is 31.2. The van der Waals surface area contributed by atoms with E-state index in [9.17, 15) is 28.9 Å². The van der Waals surface area contributed by atoms with Gasteiger partial charge in [0.15, 0.2) is 6.10 Å². The van der Waals surface area contributed by atoms with Crippen molar-refractivity contribution in [1.82, 2.24) is 0 Å². The van der Waals surface area contributed by atoms with Crippen molar-refractivity contribution in [2.45, 2.75) is 226 Å². The smallest absolute Gasteiger partial charge is 0.462 e. The molecule has 12 heteroatoms. The highest BCUT2D eigenvalue weighted by molar-refractivity contribution is 7.47. The van der Waals surface area contributed by atoms with Gasteiger partial charge in [0.1, 0.15) is 12.7 Å². The van der Waals surface area contributed by atoms with Crippen molar-refractivity contribution in [1.29, 1.82) is 0 Å². The number of hydrogen-bond donors (Lipinski definition) is 2. The SMILES string of the molecule is CC/C=C\C/C=C\C/C=C\C/C=C\CCCCCCC(=O)OC(COC(=O)CC/C=C\C/C=C\C/C=C\C/C=C\CC)COP(=O)(O)OCC(CO)OC(=O)CCCCCCC/C=C\CCCCCCCC. The first-order valence-electron chi connectivity index (χ1n) is 27.8. The summed E-state index contributed by atoms with van der Waals surface area (Å²) in [5.74, 6) is -1.61. The molecule has 0 spiro atoms. The molecule has 0 bridgehead atoms. The monoisotopic (exact) mass is 1030 g/mol. The molecule has 72 heavy (non-hydrogen) atoms. The van der Waals surface area contributed by atoms with Crippen molar-refractivity contribution in [3.8, 4) is 0 Å². The highest BCUT2D eigenvalue weighted by Gasteiger charge is 2.28. The maximum atomic E-state index is 12.9. The standard InChI is InChI=1S/C60H99O11P/c1-4-7-10-13-16-19-22-25-27-28-30-33-36-39-42-45-48-51-60(64)71-57(53-67-58(62)49-46-43-40-37-34-31-24-21-18-15-12-9-6-3)55-69-72(65,66)68-54-56(52-61)70-59(63)50-47-44-41-38-35-32-29-26-23-20-17-14-11-8-5-2/h7,9-10,12,16,18-19,21,25-27,29-31,33-34,40,43,56-57,61H,4-6,8,11,13-15,17,20,22-24,28,32,35-39,41-42,44-55H2,1-3H3,(H,65,66)/b10-7-,12-9-,19-16-,21-18-,27-25-,29-26-,33-30-,34-31-,43-40-. The third-order valence-corrected chi connectivity index (χ3v) is 12.1. The number of rotatable bonds is 50. The van der Waals surface area contributed by atoms with Gasteiger partial charge in [-0.25, -0.2) is 4.57 Å². The summed E-state index contributed by atoms with van der Waals surface area (Å²) in [6.45, 7) is 4.27. The van der Waals surface area contributed by atoms with Crippen molar-refractivity contribution < 1.29 is 52.2 Å². The quantitative estimate of drug-likeness (QED) is 0.0197. The molecule has 0 aromatic rings. The number of carbonyl (C=O) groups excluding carboxylic acids is 3. The summed E-state index contributed by atoms with van der Waals surface area (Å²) in [6, 6.07) is 0. The number of allylic oxidation sites excluding steroid dienone is 18. The largest absolute Gasteiger partial charge is 0.472 e. The summed E-state index contributed by atoms with van der Waals surface area (Å²) in [4.78, 5) is 48.4. The minimum atomic E-state index is -4.77. The Kier molecular flexibility index (Phi) is 50.6. The van der Waals surface area contributed by atoms with E-state index >= 15 is 0 Å². The van der Waals surface area contributed by atoms with E-state index in [2.05, 4.69) is 118 Å². The van der Waals surface area contributed by atoms with Crippen LogP contribution >= 0.6 is 7.82 Å². The first-order chi connectivity index (χ1) is 35.2. The van der Waals surface area contributed by atoms with E-state index in [4.69, 9.17) is 23.3 Å². The topological polar surface area (TPSA) is 155 Å². The summed E-state index contributed by atoms with van der Waals surface area (Å²) in [7, 11) is -4.77. The fourth-order valence-electron chi connectivity index (χ4n) is 7.00. The second-order valence-corrected chi connectivity index (χ2v) is 19.4. The minimum absolute atomic E-state index is 0.0940. The fourth-order valence-corrected chi connectivity index (χ4v) is 7.79. The van der Waals surface area contributed by atoms with Crippen molar-refractivity contribution >= 4 is 25.7 Å². The predicted octanol–water partition coefficient (Wildman–Crippen LogP) is 16.2. The van der Waals surface area contributed by atoms with E-state index in [-0.39, 0.29) is 25.9 Å². The Hall–Kier alpha value is -3.86. The van der Waals surface area contributed by atoms with Gasteiger partial charge in [-0.2, -0.15) is 0 Å².